The quantitative estimate of drug-likeness (QED) is 0.607. The molecule has 2 heterocycles. The predicted molar refractivity (Wildman–Crippen MR) is 117 cm³/mol. The first-order valence-electron chi connectivity index (χ1n) is 10.1. The molecule has 31 heavy (non-hydrogen) atoms. The molecule has 1 amide bonds. The molecule has 1 aliphatic heterocycles. The van der Waals surface area contributed by atoms with Crippen molar-refractivity contribution in [3.63, 3.8) is 0 Å². The van der Waals surface area contributed by atoms with E-state index in [1.807, 2.05) is 24.3 Å². The lowest BCUT2D eigenvalue weighted by molar-refractivity contribution is -0.118. The van der Waals surface area contributed by atoms with Crippen LogP contribution in [0.1, 0.15) is 13.8 Å². The molecule has 2 aromatic carbocycles. The lowest BCUT2D eigenvalue weighted by atomic mass is 10.1. The van der Waals surface area contributed by atoms with Gasteiger partial charge >= 0.3 is 0 Å². The molecule has 162 valence electrons. The highest BCUT2D eigenvalue weighted by Gasteiger charge is 2.21. The normalized spacial score (nSPS) is 14.3. The molecule has 0 radical (unpaired) electrons. The molecule has 8 heteroatoms. The van der Waals surface area contributed by atoms with Crippen molar-refractivity contribution in [3.05, 3.63) is 46.6 Å². The molecule has 1 saturated heterocycles. The van der Waals surface area contributed by atoms with E-state index in [-0.39, 0.29) is 34.3 Å². The molecule has 1 fully saturated rings. The third-order valence-corrected chi connectivity index (χ3v) is 5.25. The zero-order chi connectivity index (χ0) is 22.1. The number of nitrogens with zero attached hydrogens (tertiary/aromatic N) is 2. The van der Waals surface area contributed by atoms with Crippen LogP contribution in [0.5, 0.6) is 17.2 Å². The second kappa shape index (κ2) is 8.22. The van der Waals surface area contributed by atoms with E-state index in [4.69, 9.17) is 9.15 Å². The van der Waals surface area contributed by atoms with Gasteiger partial charge < -0.3 is 29.2 Å². The zero-order valence-electron chi connectivity index (χ0n) is 17.4. The van der Waals surface area contributed by atoms with E-state index < -0.39 is 5.43 Å². The Morgan fingerprint density at radius 3 is 2.32 bits per heavy atom. The van der Waals surface area contributed by atoms with Crippen molar-refractivity contribution in [2.24, 2.45) is 0 Å². The largest absolute Gasteiger partial charge is 0.507 e. The van der Waals surface area contributed by atoms with Gasteiger partial charge in [0, 0.05) is 49.6 Å². The minimum atomic E-state index is -0.434. The van der Waals surface area contributed by atoms with Gasteiger partial charge in [0.2, 0.25) is 12.2 Å². The van der Waals surface area contributed by atoms with Crippen molar-refractivity contribution in [1.29, 1.82) is 0 Å². The highest BCUT2D eigenvalue weighted by atomic mass is 16.5. The number of phenolic OH excluding ortho intramolecular Hbond substituents is 2. The van der Waals surface area contributed by atoms with Crippen molar-refractivity contribution in [3.8, 4) is 28.6 Å². The number of amides is 1. The molecule has 0 saturated carbocycles. The second-order valence-electron chi connectivity index (χ2n) is 7.76. The van der Waals surface area contributed by atoms with E-state index in [0.717, 1.165) is 31.3 Å². The number of aromatic hydroxyl groups is 2. The number of phenols is 2. The van der Waals surface area contributed by atoms with E-state index in [1.165, 1.54) is 6.07 Å². The number of ether oxygens (including phenoxy) is 1. The molecule has 0 bridgehead atoms. The van der Waals surface area contributed by atoms with Gasteiger partial charge in [0.25, 0.3) is 0 Å². The third-order valence-electron chi connectivity index (χ3n) is 5.25. The Morgan fingerprint density at radius 1 is 1.03 bits per heavy atom. The van der Waals surface area contributed by atoms with Gasteiger partial charge in [-0.15, -0.1) is 0 Å². The smallest absolute Gasteiger partial charge is 0.209 e. The predicted octanol–water partition coefficient (Wildman–Crippen LogP) is 2.94. The maximum atomic E-state index is 12.7. The number of hydrogen-bond donors (Lipinski definition) is 2. The van der Waals surface area contributed by atoms with Gasteiger partial charge in [-0.2, -0.15) is 0 Å². The van der Waals surface area contributed by atoms with E-state index in [0.29, 0.717) is 24.4 Å². The average Bonchev–Trinajstić information content (AvgIpc) is 2.76. The van der Waals surface area contributed by atoms with Crippen LogP contribution >= 0.6 is 0 Å². The van der Waals surface area contributed by atoms with Crippen LogP contribution in [0.25, 0.3) is 22.3 Å². The van der Waals surface area contributed by atoms with Crippen molar-refractivity contribution < 1.29 is 24.2 Å². The zero-order valence-corrected chi connectivity index (χ0v) is 17.4. The lowest BCUT2D eigenvalue weighted by Gasteiger charge is -2.34. The summed E-state index contributed by atoms with van der Waals surface area (Å²) >= 11 is 0. The van der Waals surface area contributed by atoms with Crippen molar-refractivity contribution in [1.82, 2.24) is 4.90 Å². The van der Waals surface area contributed by atoms with Gasteiger partial charge in [0.15, 0.2) is 16.8 Å². The number of fused-ring (bicyclic) bond motifs is 1. The fourth-order valence-electron chi connectivity index (χ4n) is 3.69. The molecule has 4 rings (SSSR count). The average molecular weight is 424 g/mol. The minimum absolute atomic E-state index is 0.00256. The topological polar surface area (TPSA) is 103 Å². The molecule has 0 unspecified atom stereocenters. The van der Waals surface area contributed by atoms with Gasteiger partial charge in [0.1, 0.15) is 16.9 Å². The van der Waals surface area contributed by atoms with Crippen LogP contribution in [0.2, 0.25) is 0 Å². The van der Waals surface area contributed by atoms with Crippen LogP contribution in [0.4, 0.5) is 5.69 Å². The molecule has 0 atom stereocenters. The molecule has 1 aliphatic rings. The first kappa shape index (κ1) is 20.6. The first-order chi connectivity index (χ1) is 14.9. The fourth-order valence-corrected chi connectivity index (χ4v) is 3.69. The van der Waals surface area contributed by atoms with E-state index >= 15 is 0 Å². The molecule has 0 aliphatic carbocycles. The summed E-state index contributed by atoms with van der Waals surface area (Å²) in [5.74, 6) is -0.350. The molecule has 0 spiro atoms. The minimum Gasteiger partial charge on any atom is -0.507 e. The third kappa shape index (κ3) is 4.01. The van der Waals surface area contributed by atoms with Crippen molar-refractivity contribution in [2.45, 2.75) is 20.0 Å². The summed E-state index contributed by atoms with van der Waals surface area (Å²) in [6, 6.07) is 9.95. The number of anilines is 1. The van der Waals surface area contributed by atoms with Gasteiger partial charge in [-0.05, 0) is 38.1 Å². The van der Waals surface area contributed by atoms with E-state index in [1.54, 1.807) is 18.7 Å². The summed E-state index contributed by atoms with van der Waals surface area (Å²) in [6.07, 6.45) is 0.598. The Balaban J connectivity index is 1.71. The Kier molecular flexibility index (Phi) is 5.46. The summed E-state index contributed by atoms with van der Waals surface area (Å²) in [6.45, 7) is 6.42. The number of benzene rings is 2. The highest BCUT2D eigenvalue weighted by Crippen LogP contribution is 2.41. The Morgan fingerprint density at radius 2 is 1.71 bits per heavy atom. The molecular formula is C23H24N2O6. The standard InChI is InChI=1S/C23H24N2O6/c1-14(2)30-22-19(29)11-17(27)21-18(28)12-20(31-23(21)22)15-3-5-16(6-4-15)25-9-7-24(13-26)8-10-25/h3-6,11-14,27,29H,7-10H2,1-2H3. The number of hydrogen-bond acceptors (Lipinski definition) is 7. The van der Waals surface area contributed by atoms with Gasteiger partial charge in [0.05, 0.1) is 6.10 Å². The van der Waals surface area contributed by atoms with Gasteiger partial charge in [-0.3, -0.25) is 9.59 Å². The highest BCUT2D eigenvalue weighted by molar-refractivity contribution is 5.91. The SMILES string of the molecule is CC(C)Oc1c(O)cc(O)c2c(=O)cc(-c3ccc(N4CCN(C=O)CC4)cc3)oc12. The van der Waals surface area contributed by atoms with E-state index in [9.17, 15) is 19.8 Å². The molecular weight excluding hydrogens is 400 g/mol. The van der Waals surface area contributed by atoms with Crippen molar-refractivity contribution >= 4 is 23.1 Å². The number of carbonyl (C=O) groups excluding carboxylic acids is 1. The Labute approximate surface area is 178 Å². The van der Waals surface area contributed by atoms with Crippen LogP contribution in [-0.4, -0.2) is 53.8 Å². The maximum absolute atomic E-state index is 12.7. The summed E-state index contributed by atoms with van der Waals surface area (Å²) in [5.41, 5.74) is 1.25. The van der Waals surface area contributed by atoms with Crippen LogP contribution in [0, 0.1) is 0 Å². The molecule has 2 N–H and O–H groups in total. The number of rotatable bonds is 5. The summed E-state index contributed by atoms with van der Waals surface area (Å²) < 4.78 is 11.6. The fraction of sp³-hybridized carbons (Fsp3) is 0.304. The second-order valence-corrected chi connectivity index (χ2v) is 7.76. The summed E-state index contributed by atoms with van der Waals surface area (Å²) in [4.78, 5) is 27.5. The molecule has 8 nitrogen and oxygen atoms in total. The van der Waals surface area contributed by atoms with Crippen LogP contribution in [-0.2, 0) is 4.79 Å². The Hall–Kier alpha value is -3.68. The monoisotopic (exact) mass is 424 g/mol. The van der Waals surface area contributed by atoms with Crippen LogP contribution in [0.3, 0.4) is 0 Å². The van der Waals surface area contributed by atoms with E-state index in [2.05, 4.69) is 4.90 Å². The summed E-state index contributed by atoms with van der Waals surface area (Å²) in [5, 5.41) is 20.4. The maximum Gasteiger partial charge on any atom is 0.209 e. The van der Waals surface area contributed by atoms with Crippen molar-refractivity contribution in [2.75, 3.05) is 31.1 Å². The van der Waals surface area contributed by atoms with Crippen LogP contribution < -0.4 is 15.1 Å². The lowest BCUT2D eigenvalue weighted by Crippen LogP contribution is -2.45. The van der Waals surface area contributed by atoms with Gasteiger partial charge in [-0.1, -0.05) is 0 Å². The first-order valence-corrected chi connectivity index (χ1v) is 10.1. The van der Waals surface area contributed by atoms with Gasteiger partial charge in [-0.25, -0.2) is 0 Å². The molecule has 1 aromatic heterocycles. The Bertz CT molecular complexity index is 1160. The number of carbonyl (C=O) groups is 1. The molecule has 3 aromatic rings. The number of piperazine rings is 1. The van der Waals surface area contributed by atoms with Crippen LogP contribution in [0.15, 0.2) is 45.6 Å². The summed E-state index contributed by atoms with van der Waals surface area (Å²) in [7, 11) is 0.